The number of rotatable bonds is 6. The van der Waals surface area contributed by atoms with Gasteiger partial charge in [-0.05, 0) is 25.1 Å². The third kappa shape index (κ3) is 4.34. The summed E-state index contributed by atoms with van der Waals surface area (Å²) >= 11 is 0. The Kier molecular flexibility index (Phi) is 5.82. The van der Waals surface area contributed by atoms with Crippen LogP contribution in [0.2, 0.25) is 0 Å². The number of carbonyl (C=O) groups excluding carboxylic acids is 1. The quantitative estimate of drug-likeness (QED) is 0.583. The first-order valence-electron chi connectivity index (χ1n) is 12.5. The van der Waals surface area contributed by atoms with Crippen LogP contribution in [0.3, 0.4) is 0 Å². The Balaban J connectivity index is 1.21. The van der Waals surface area contributed by atoms with Gasteiger partial charge in [-0.25, -0.2) is 9.97 Å². The molecule has 1 aromatic carbocycles. The van der Waals surface area contributed by atoms with Gasteiger partial charge in [-0.15, -0.1) is 0 Å². The van der Waals surface area contributed by atoms with E-state index in [9.17, 15) is 4.79 Å². The molecule has 2 aromatic heterocycles. The number of carbonyl (C=O) groups is 1. The first-order chi connectivity index (χ1) is 17.0. The molecule has 9 heteroatoms. The zero-order valence-corrected chi connectivity index (χ0v) is 20.3. The fourth-order valence-corrected chi connectivity index (χ4v) is 5.22. The number of imidazole rings is 1. The molecule has 184 valence electrons. The molecule has 1 unspecified atom stereocenters. The van der Waals surface area contributed by atoms with Crippen LogP contribution in [0.15, 0.2) is 36.7 Å². The van der Waals surface area contributed by atoms with Gasteiger partial charge in [0.15, 0.2) is 0 Å². The molecule has 35 heavy (non-hydrogen) atoms. The van der Waals surface area contributed by atoms with Gasteiger partial charge in [0.2, 0.25) is 11.8 Å². The van der Waals surface area contributed by atoms with Crippen LogP contribution < -0.4 is 15.0 Å². The summed E-state index contributed by atoms with van der Waals surface area (Å²) < 4.78 is 13.6. The highest BCUT2D eigenvalue weighted by molar-refractivity contribution is 5.85. The number of pyridine rings is 1. The van der Waals surface area contributed by atoms with E-state index in [0.29, 0.717) is 24.9 Å². The number of nitrogens with one attached hydrogen (secondary N) is 1. The Bertz CT molecular complexity index is 1210. The summed E-state index contributed by atoms with van der Waals surface area (Å²) in [5.74, 6) is 0.772. The number of hydrogen-bond acceptors (Lipinski definition) is 7. The number of aromatic nitrogens is 3. The normalized spacial score (nSPS) is 22.3. The average Bonchev–Trinajstić information content (AvgIpc) is 3.44. The Morgan fingerprint density at radius 2 is 1.91 bits per heavy atom. The van der Waals surface area contributed by atoms with Gasteiger partial charge in [-0.1, -0.05) is 12.1 Å². The summed E-state index contributed by atoms with van der Waals surface area (Å²) in [4.78, 5) is 26.1. The van der Waals surface area contributed by atoms with Crippen molar-refractivity contribution in [2.24, 2.45) is 13.0 Å². The molecule has 0 radical (unpaired) electrons. The second-order valence-corrected chi connectivity index (χ2v) is 9.89. The van der Waals surface area contributed by atoms with E-state index in [2.05, 4.69) is 44.4 Å². The van der Waals surface area contributed by atoms with E-state index in [4.69, 9.17) is 14.5 Å². The van der Waals surface area contributed by atoms with Crippen molar-refractivity contribution in [3.05, 3.63) is 36.7 Å². The molecule has 1 N–H and O–H groups in total. The van der Waals surface area contributed by atoms with Gasteiger partial charge in [0.25, 0.3) is 0 Å². The average molecular weight is 477 g/mol. The molecule has 3 saturated heterocycles. The van der Waals surface area contributed by atoms with Gasteiger partial charge in [-0.3, -0.25) is 9.69 Å². The van der Waals surface area contributed by atoms with Crippen LogP contribution in [0.1, 0.15) is 13.3 Å². The van der Waals surface area contributed by atoms with Crippen LogP contribution in [0.5, 0.6) is 5.88 Å². The fraction of sp³-hybridized carbons (Fsp3) is 0.500. The summed E-state index contributed by atoms with van der Waals surface area (Å²) in [5.41, 5.74) is 4.81. The lowest BCUT2D eigenvalue weighted by Gasteiger charge is -2.43. The van der Waals surface area contributed by atoms with Crippen molar-refractivity contribution in [1.82, 2.24) is 24.8 Å². The maximum absolute atomic E-state index is 11.7. The number of hydrogen-bond donors (Lipinski definition) is 1. The maximum Gasteiger partial charge on any atom is 0.241 e. The Labute approximate surface area is 205 Å². The third-order valence-corrected chi connectivity index (χ3v) is 7.61. The second kappa shape index (κ2) is 9.13. The van der Waals surface area contributed by atoms with Crippen molar-refractivity contribution in [2.45, 2.75) is 25.5 Å². The molecule has 0 aliphatic carbocycles. The topological polar surface area (TPSA) is 84.8 Å². The van der Waals surface area contributed by atoms with Gasteiger partial charge in [0, 0.05) is 63.4 Å². The summed E-state index contributed by atoms with van der Waals surface area (Å²) in [6.07, 6.45) is 2.13. The number of ether oxygens (including phenoxy) is 2. The van der Waals surface area contributed by atoms with Gasteiger partial charge in [0.05, 0.1) is 36.8 Å². The number of amides is 1. The van der Waals surface area contributed by atoms with Crippen molar-refractivity contribution in [2.75, 3.05) is 50.8 Å². The summed E-state index contributed by atoms with van der Waals surface area (Å²) in [7, 11) is 1.95. The molecule has 3 aromatic rings. The van der Waals surface area contributed by atoms with Crippen molar-refractivity contribution in [1.29, 1.82) is 0 Å². The predicted molar refractivity (Wildman–Crippen MR) is 134 cm³/mol. The van der Waals surface area contributed by atoms with Crippen LogP contribution in [0.25, 0.3) is 22.3 Å². The van der Waals surface area contributed by atoms with E-state index in [1.165, 1.54) is 5.69 Å². The molecular weight excluding hydrogens is 444 g/mol. The standard InChI is InChI=1S/C26H32N6O3/c1-17(19-11-24(33)27-13-19)35-26-25-23(28-16-30(25)2)12-22(29-26)18-3-5-20(6-4-18)31-7-9-32(10-8-31)21-14-34-15-21/h3-6,12,16-17,19,21H,7-11,13-15H2,1-2H3,(H,27,33)/t17-,19?/m1/s1. The van der Waals surface area contributed by atoms with Crippen molar-refractivity contribution < 1.29 is 14.3 Å². The van der Waals surface area contributed by atoms with Crippen LogP contribution in [0, 0.1) is 5.92 Å². The van der Waals surface area contributed by atoms with Gasteiger partial charge in [0.1, 0.15) is 11.6 Å². The van der Waals surface area contributed by atoms with Crippen molar-refractivity contribution in [3.8, 4) is 17.1 Å². The molecule has 3 aliphatic rings. The lowest BCUT2D eigenvalue weighted by atomic mass is 10.0. The molecule has 6 rings (SSSR count). The highest BCUT2D eigenvalue weighted by atomic mass is 16.5. The van der Waals surface area contributed by atoms with E-state index in [0.717, 1.165) is 61.7 Å². The van der Waals surface area contributed by atoms with E-state index in [1.807, 2.05) is 24.6 Å². The molecule has 9 nitrogen and oxygen atoms in total. The first-order valence-corrected chi connectivity index (χ1v) is 12.5. The Morgan fingerprint density at radius 1 is 1.14 bits per heavy atom. The fourth-order valence-electron chi connectivity index (χ4n) is 5.22. The van der Waals surface area contributed by atoms with Gasteiger partial charge >= 0.3 is 0 Å². The zero-order chi connectivity index (χ0) is 23.9. The van der Waals surface area contributed by atoms with Crippen molar-refractivity contribution in [3.63, 3.8) is 0 Å². The summed E-state index contributed by atoms with van der Waals surface area (Å²) in [6.45, 7) is 8.62. The molecular formula is C26H32N6O3. The number of benzene rings is 1. The van der Waals surface area contributed by atoms with E-state index in [1.54, 1.807) is 6.33 Å². The number of piperazine rings is 1. The minimum atomic E-state index is -0.137. The molecule has 0 bridgehead atoms. The van der Waals surface area contributed by atoms with Crippen LogP contribution in [-0.2, 0) is 16.6 Å². The number of fused-ring (bicyclic) bond motifs is 1. The van der Waals surface area contributed by atoms with E-state index >= 15 is 0 Å². The van der Waals surface area contributed by atoms with E-state index in [-0.39, 0.29) is 17.9 Å². The largest absolute Gasteiger partial charge is 0.473 e. The minimum absolute atomic E-state index is 0.0800. The highest BCUT2D eigenvalue weighted by Gasteiger charge is 2.30. The highest BCUT2D eigenvalue weighted by Crippen LogP contribution is 2.31. The number of aryl methyl sites for hydroxylation is 1. The van der Waals surface area contributed by atoms with E-state index < -0.39 is 0 Å². The third-order valence-electron chi connectivity index (χ3n) is 7.61. The summed E-state index contributed by atoms with van der Waals surface area (Å²) in [6, 6.07) is 11.2. The monoisotopic (exact) mass is 476 g/mol. The first kappa shape index (κ1) is 22.3. The van der Waals surface area contributed by atoms with Gasteiger partial charge < -0.3 is 24.3 Å². The zero-order valence-electron chi connectivity index (χ0n) is 20.3. The lowest BCUT2D eigenvalue weighted by Crippen LogP contribution is -2.56. The van der Waals surface area contributed by atoms with Crippen LogP contribution >= 0.6 is 0 Å². The van der Waals surface area contributed by atoms with Gasteiger partial charge in [-0.2, -0.15) is 0 Å². The lowest BCUT2D eigenvalue weighted by molar-refractivity contribution is -0.119. The smallest absolute Gasteiger partial charge is 0.241 e. The molecule has 5 heterocycles. The molecule has 3 aliphatic heterocycles. The number of anilines is 1. The molecule has 1 amide bonds. The molecule has 0 spiro atoms. The Morgan fingerprint density at radius 3 is 2.57 bits per heavy atom. The molecule has 0 saturated carbocycles. The summed E-state index contributed by atoms with van der Waals surface area (Å²) in [5, 5.41) is 2.89. The maximum atomic E-state index is 11.7. The van der Waals surface area contributed by atoms with Crippen molar-refractivity contribution >= 4 is 22.6 Å². The second-order valence-electron chi connectivity index (χ2n) is 9.89. The van der Waals surface area contributed by atoms with Crippen LogP contribution in [0.4, 0.5) is 5.69 Å². The minimum Gasteiger partial charge on any atom is -0.473 e. The van der Waals surface area contributed by atoms with Crippen LogP contribution in [-0.4, -0.2) is 83.4 Å². The molecule has 3 fully saturated rings. The predicted octanol–water partition coefficient (Wildman–Crippen LogP) is 2.06. The SMILES string of the molecule is C[C@@H](Oc1nc(-c2ccc(N3CCN(C4COC4)CC3)cc2)cc2ncn(C)c12)C1CNC(=O)C1. The Hall–Kier alpha value is -3.17. The number of nitrogens with zero attached hydrogens (tertiary/aromatic N) is 5. The molecule has 2 atom stereocenters.